The average Bonchev–Trinajstić information content (AvgIpc) is 2.74. The van der Waals surface area contributed by atoms with Gasteiger partial charge in [-0.05, 0) is 35.7 Å². The molecule has 0 bridgehead atoms. The molecule has 132 valence electrons. The summed E-state index contributed by atoms with van der Waals surface area (Å²) in [6.07, 6.45) is 1.69. The van der Waals surface area contributed by atoms with Crippen LogP contribution in [0.4, 0.5) is 17.1 Å². The molecule has 0 amide bonds. The minimum atomic E-state index is 0.623. The smallest absolute Gasteiger partial charge is 0.119 e. The monoisotopic (exact) mass is 354 g/mol. The molecule has 4 aromatic rings. The van der Waals surface area contributed by atoms with Crippen molar-refractivity contribution in [3.8, 4) is 17.0 Å². The fourth-order valence-corrected chi connectivity index (χ4v) is 2.88. The number of ether oxygens (including phenoxy) is 1. The number of nitrogens with two attached hydrogens (primary N) is 1. The van der Waals surface area contributed by atoms with Gasteiger partial charge >= 0.3 is 0 Å². The third kappa shape index (κ3) is 3.48. The van der Waals surface area contributed by atoms with E-state index in [0.29, 0.717) is 17.1 Å². The van der Waals surface area contributed by atoms with Crippen molar-refractivity contribution in [2.24, 2.45) is 10.2 Å². The first-order valence-corrected chi connectivity index (χ1v) is 8.54. The van der Waals surface area contributed by atoms with E-state index in [1.807, 2.05) is 72.8 Å². The first kappa shape index (κ1) is 16.7. The molecule has 0 atom stereocenters. The average molecular weight is 354 g/mol. The molecule has 5 nitrogen and oxygen atoms in total. The lowest BCUT2D eigenvalue weighted by atomic mass is 10.1. The summed E-state index contributed by atoms with van der Waals surface area (Å²) in [5.74, 6) is 0.796. The highest BCUT2D eigenvalue weighted by atomic mass is 16.5. The van der Waals surface area contributed by atoms with Gasteiger partial charge in [-0.3, -0.25) is 4.98 Å². The fraction of sp³-hybridized carbons (Fsp3) is 0.0455. The molecule has 0 aliphatic rings. The van der Waals surface area contributed by atoms with E-state index in [1.54, 1.807) is 13.3 Å². The number of anilines is 1. The molecule has 0 unspecified atom stereocenters. The summed E-state index contributed by atoms with van der Waals surface area (Å²) in [5.41, 5.74) is 9.99. The number of nitrogens with zero attached hydrogens (tertiary/aromatic N) is 3. The molecule has 4 rings (SSSR count). The number of fused-ring (bicyclic) bond motifs is 1. The maximum absolute atomic E-state index is 6.23. The van der Waals surface area contributed by atoms with Crippen LogP contribution >= 0.6 is 0 Å². The van der Waals surface area contributed by atoms with Crippen LogP contribution in [0, 0.1) is 0 Å². The first-order chi connectivity index (χ1) is 13.2. The molecular formula is C22H18N4O. The maximum Gasteiger partial charge on any atom is 0.119 e. The molecule has 0 aliphatic heterocycles. The normalized spacial score (nSPS) is 11.1. The van der Waals surface area contributed by atoms with Crippen LogP contribution in [0.15, 0.2) is 89.2 Å². The highest BCUT2D eigenvalue weighted by Gasteiger charge is 2.04. The van der Waals surface area contributed by atoms with Crippen molar-refractivity contribution in [2.45, 2.75) is 0 Å². The Hall–Kier alpha value is -3.73. The second-order valence-electron chi connectivity index (χ2n) is 6.05. The summed E-state index contributed by atoms with van der Waals surface area (Å²) < 4.78 is 5.26. The van der Waals surface area contributed by atoms with Crippen LogP contribution in [0.25, 0.3) is 22.0 Å². The van der Waals surface area contributed by atoms with Crippen LogP contribution < -0.4 is 10.5 Å². The summed E-state index contributed by atoms with van der Waals surface area (Å²) in [7, 11) is 1.65. The molecule has 0 fully saturated rings. The largest absolute Gasteiger partial charge is 0.497 e. The number of benzene rings is 3. The highest BCUT2D eigenvalue weighted by molar-refractivity contribution is 5.97. The number of rotatable bonds is 4. The Morgan fingerprint density at radius 3 is 2.59 bits per heavy atom. The van der Waals surface area contributed by atoms with Crippen LogP contribution in [0.1, 0.15) is 0 Å². The van der Waals surface area contributed by atoms with Gasteiger partial charge in [-0.1, -0.05) is 42.5 Å². The molecule has 1 heterocycles. The third-order valence-electron chi connectivity index (χ3n) is 4.33. The topological polar surface area (TPSA) is 72.9 Å². The van der Waals surface area contributed by atoms with Crippen molar-refractivity contribution in [3.05, 3.63) is 79.0 Å². The molecule has 2 N–H and O–H groups in total. The van der Waals surface area contributed by atoms with Gasteiger partial charge in [-0.15, -0.1) is 10.2 Å². The maximum atomic E-state index is 6.23. The van der Waals surface area contributed by atoms with E-state index in [0.717, 1.165) is 27.8 Å². The zero-order valence-electron chi connectivity index (χ0n) is 14.8. The molecule has 0 spiro atoms. The fourth-order valence-electron chi connectivity index (χ4n) is 2.88. The van der Waals surface area contributed by atoms with Crippen molar-refractivity contribution >= 4 is 27.8 Å². The first-order valence-electron chi connectivity index (χ1n) is 8.54. The number of aromatic nitrogens is 1. The summed E-state index contributed by atoms with van der Waals surface area (Å²) in [4.78, 5) is 4.47. The van der Waals surface area contributed by atoms with Gasteiger partial charge in [0.15, 0.2) is 0 Å². The molecule has 0 radical (unpaired) electrons. The molecule has 3 aromatic carbocycles. The van der Waals surface area contributed by atoms with E-state index >= 15 is 0 Å². The van der Waals surface area contributed by atoms with Gasteiger partial charge in [0.1, 0.15) is 17.1 Å². The van der Waals surface area contributed by atoms with Gasteiger partial charge in [0.2, 0.25) is 0 Å². The van der Waals surface area contributed by atoms with E-state index in [-0.39, 0.29) is 0 Å². The molecule has 5 heteroatoms. The van der Waals surface area contributed by atoms with E-state index in [4.69, 9.17) is 10.5 Å². The second-order valence-corrected chi connectivity index (χ2v) is 6.05. The number of methoxy groups -OCH3 is 1. The van der Waals surface area contributed by atoms with Crippen LogP contribution in [-0.4, -0.2) is 12.1 Å². The Morgan fingerprint density at radius 2 is 1.78 bits per heavy atom. The van der Waals surface area contributed by atoms with Gasteiger partial charge in [-0.2, -0.15) is 0 Å². The van der Waals surface area contributed by atoms with Gasteiger partial charge in [0, 0.05) is 10.9 Å². The highest BCUT2D eigenvalue weighted by Crippen LogP contribution is 2.32. The molecule has 0 saturated carbocycles. The number of nitrogen functional groups attached to an aromatic ring is 1. The quantitative estimate of drug-likeness (QED) is 0.366. The summed E-state index contributed by atoms with van der Waals surface area (Å²) in [6, 6.07) is 23.4. The standard InChI is InChI=1S/C22H18N4O/c1-27-18-7-4-6-16(13-18)20-12-10-17(14-24-20)25-26-21-11-9-15-5-2-3-8-19(15)22(21)23/h2-14H,23H2,1H3. The van der Waals surface area contributed by atoms with Gasteiger partial charge in [-0.25, -0.2) is 0 Å². The van der Waals surface area contributed by atoms with Crippen LogP contribution in [-0.2, 0) is 0 Å². The lowest BCUT2D eigenvalue weighted by molar-refractivity contribution is 0.415. The van der Waals surface area contributed by atoms with Crippen molar-refractivity contribution in [1.82, 2.24) is 4.98 Å². The molecule has 27 heavy (non-hydrogen) atoms. The number of hydrogen-bond donors (Lipinski definition) is 1. The summed E-state index contributed by atoms with van der Waals surface area (Å²) >= 11 is 0. The third-order valence-corrected chi connectivity index (χ3v) is 4.33. The summed E-state index contributed by atoms with van der Waals surface area (Å²) in [6.45, 7) is 0. The number of hydrogen-bond acceptors (Lipinski definition) is 5. The Kier molecular flexibility index (Phi) is 4.49. The van der Waals surface area contributed by atoms with Crippen molar-refractivity contribution in [3.63, 3.8) is 0 Å². The molecule has 1 aromatic heterocycles. The number of pyridine rings is 1. The summed E-state index contributed by atoms with van der Waals surface area (Å²) in [5, 5.41) is 10.6. The van der Waals surface area contributed by atoms with Crippen LogP contribution in [0.2, 0.25) is 0 Å². The molecular weight excluding hydrogens is 336 g/mol. The Bertz CT molecular complexity index is 1120. The zero-order valence-corrected chi connectivity index (χ0v) is 14.8. The predicted molar refractivity (Wildman–Crippen MR) is 109 cm³/mol. The lowest BCUT2D eigenvalue weighted by Crippen LogP contribution is -1.87. The number of azo groups is 1. The van der Waals surface area contributed by atoms with Crippen LogP contribution in [0.5, 0.6) is 5.75 Å². The lowest BCUT2D eigenvalue weighted by Gasteiger charge is -2.05. The van der Waals surface area contributed by atoms with Crippen LogP contribution in [0.3, 0.4) is 0 Å². The van der Waals surface area contributed by atoms with Crippen molar-refractivity contribution in [2.75, 3.05) is 12.8 Å². The van der Waals surface area contributed by atoms with Gasteiger partial charge < -0.3 is 10.5 Å². The second kappa shape index (κ2) is 7.25. The molecule has 0 aliphatic carbocycles. The van der Waals surface area contributed by atoms with Crippen molar-refractivity contribution in [1.29, 1.82) is 0 Å². The van der Waals surface area contributed by atoms with Gasteiger partial charge in [0.25, 0.3) is 0 Å². The minimum Gasteiger partial charge on any atom is -0.497 e. The predicted octanol–water partition coefficient (Wildman–Crippen LogP) is 5.91. The van der Waals surface area contributed by atoms with Crippen molar-refractivity contribution < 1.29 is 4.74 Å². The van der Waals surface area contributed by atoms with Gasteiger partial charge in [0.05, 0.1) is 24.7 Å². The zero-order chi connectivity index (χ0) is 18.6. The Labute approximate surface area is 157 Å². The Morgan fingerprint density at radius 1 is 0.889 bits per heavy atom. The van der Waals surface area contributed by atoms with E-state index < -0.39 is 0 Å². The van der Waals surface area contributed by atoms with E-state index in [1.165, 1.54) is 0 Å². The molecule has 0 saturated heterocycles. The minimum absolute atomic E-state index is 0.623. The van der Waals surface area contributed by atoms with E-state index in [9.17, 15) is 0 Å². The SMILES string of the molecule is COc1cccc(-c2ccc(N=Nc3ccc4ccccc4c3N)cn2)c1. The van der Waals surface area contributed by atoms with E-state index in [2.05, 4.69) is 15.2 Å². The Balaban J connectivity index is 1.59.